The first-order valence-electron chi connectivity index (χ1n) is 20.7. The Labute approximate surface area is 326 Å². The first-order valence-corrected chi connectivity index (χ1v) is 22.1. The molecule has 1 rings (SSSR count). The van der Waals surface area contributed by atoms with Gasteiger partial charge in [0.15, 0.2) is 6.29 Å². The molecular weight excluding hydrogens is 717 g/mol. The van der Waals surface area contributed by atoms with Crippen LogP contribution < -0.4 is 0 Å². The molecule has 0 spiro atoms. The Morgan fingerprint density at radius 3 is 1.87 bits per heavy atom. The molecule has 316 valence electrons. The fraction of sp³-hybridized carbons (Fsp3) is 0.829. The number of ether oxygens (including phenoxy) is 4. The Kier molecular flexibility index (Phi) is 31.2. The van der Waals surface area contributed by atoms with Gasteiger partial charge in [0.1, 0.15) is 30.5 Å². The number of hydrogen-bond acceptors (Lipinski definition) is 11. The van der Waals surface area contributed by atoms with Gasteiger partial charge in [-0.05, 0) is 44.9 Å². The van der Waals surface area contributed by atoms with Gasteiger partial charge in [0.05, 0.1) is 19.8 Å². The van der Waals surface area contributed by atoms with Gasteiger partial charge in [0.2, 0.25) is 0 Å². The predicted octanol–water partition coefficient (Wildman–Crippen LogP) is 7.85. The number of allylic oxidation sites excluding steroid dienone is 6. The van der Waals surface area contributed by atoms with E-state index in [1.54, 1.807) is 0 Å². The highest BCUT2D eigenvalue weighted by Gasteiger charge is 2.48. The number of hydrogen-bond donors (Lipinski definition) is 4. The van der Waals surface area contributed by atoms with E-state index in [-0.39, 0.29) is 19.6 Å². The molecule has 4 N–H and O–H groups in total. The molecule has 1 heterocycles. The summed E-state index contributed by atoms with van der Waals surface area (Å²) >= 11 is 0. The van der Waals surface area contributed by atoms with Gasteiger partial charge in [0.25, 0.3) is 0 Å². The third-order valence-corrected chi connectivity index (χ3v) is 9.74. The molecule has 0 aliphatic carbocycles. The van der Waals surface area contributed by atoms with Gasteiger partial charge in [-0.1, -0.05) is 140 Å². The van der Waals surface area contributed by atoms with Crippen LogP contribution in [0.1, 0.15) is 155 Å². The maximum atomic E-state index is 12.8. The van der Waals surface area contributed by atoms with E-state index >= 15 is 0 Å². The van der Waals surface area contributed by atoms with Gasteiger partial charge in [0, 0.05) is 13.0 Å². The van der Waals surface area contributed by atoms with Crippen LogP contribution in [0.2, 0.25) is 0 Å². The molecule has 1 saturated heterocycles. The summed E-state index contributed by atoms with van der Waals surface area (Å²) in [4.78, 5) is 12.8. The highest BCUT2D eigenvalue weighted by molar-refractivity contribution is 7.80. The maximum absolute atomic E-state index is 12.8. The van der Waals surface area contributed by atoms with E-state index in [4.69, 9.17) is 23.5 Å². The van der Waals surface area contributed by atoms with Crippen molar-refractivity contribution in [3.05, 3.63) is 36.5 Å². The number of rotatable bonds is 35. The van der Waals surface area contributed by atoms with Crippen molar-refractivity contribution in [2.24, 2.45) is 0 Å². The number of carbonyl (C=O) groups is 1. The van der Waals surface area contributed by atoms with Crippen LogP contribution >= 0.6 is 0 Å². The number of aliphatic hydroxyl groups excluding tert-OH is 3. The molecule has 0 aromatic rings. The molecule has 12 nitrogen and oxygen atoms in total. The quantitative estimate of drug-likeness (QED) is 0.0212. The normalized spacial score (nSPS) is 21.5. The van der Waals surface area contributed by atoms with E-state index in [2.05, 4.69) is 54.5 Å². The second-order valence-corrected chi connectivity index (χ2v) is 15.3. The summed E-state index contributed by atoms with van der Waals surface area (Å²) in [5.74, 6) is -0.407. The van der Waals surface area contributed by atoms with Crippen LogP contribution in [0.25, 0.3) is 0 Å². The Bertz CT molecular complexity index is 1100. The lowest BCUT2D eigenvalue weighted by atomic mass is 9.99. The number of carbonyl (C=O) groups excluding carboxylic acids is 1. The summed E-state index contributed by atoms with van der Waals surface area (Å²) in [5, 5.41) is 30.6. The first kappa shape index (κ1) is 50.3. The Balaban J connectivity index is 2.47. The standard InChI is InChI=1S/C41H74O12S/c1-3-5-7-9-11-13-15-16-17-18-19-21-23-25-27-29-31-49-33-35(51-37(43)30-28-26-24-22-20-14-12-10-8-6-4-2)34-50-41-39(45)40(53-54(46,47)48)38(44)36(32-42)52-41/h5,7,11,13,16-17,35-36,38-42,44-45H,3-4,6,8-10,12,14-15,18-34H2,1-2H3,(H,46,47,48)/b7-5-,13-11-,17-16-. The molecular formula is C41H74O12S. The zero-order valence-electron chi connectivity index (χ0n) is 33.3. The molecule has 6 unspecified atom stereocenters. The summed E-state index contributed by atoms with van der Waals surface area (Å²) in [6.45, 7) is 3.82. The second kappa shape index (κ2) is 33.5. The molecule has 54 heavy (non-hydrogen) atoms. The highest BCUT2D eigenvalue weighted by atomic mass is 32.3. The first-order chi connectivity index (χ1) is 26.1. The van der Waals surface area contributed by atoms with Crippen molar-refractivity contribution in [2.75, 3.05) is 26.4 Å². The summed E-state index contributed by atoms with van der Waals surface area (Å²) in [7, 11) is -5.06. The Morgan fingerprint density at radius 2 is 1.28 bits per heavy atom. The van der Waals surface area contributed by atoms with Gasteiger partial charge in [-0.2, -0.15) is 8.42 Å². The molecule has 1 aliphatic heterocycles. The lowest BCUT2D eigenvalue weighted by Gasteiger charge is -2.41. The summed E-state index contributed by atoms with van der Waals surface area (Å²) in [6, 6.07) is 0. The van der Waals surface area contributed by atoms with Crippen LogP contribution in [0, 0.1) is 0 Å². The number of esters is 1. The SMILES string of the molecule is CC/C=C\C/C=C\C/C=C\CCCCCCCCOCC(COC1OC(CO)C(O)C(OS(=O)(=O)O)C1O)OC(=O)CCCCCCCCCCCCC. The van der Waals surface area contributed by atoms with Crippen molar-refractivity contribution in [3.63, 3.8) is 0 Å². The van der Waals surface area contributed by atoms with E-state index < -0.39 is 59.8 Å². The lowest BCUT2D eigenvalue weighted by molar-refractivity contribution is -0.301. The fourth-order valence-electron chi connectivity index (χ4n) is 6.16. The summed E-state index contributed by atoms with van der Waals surface area (Å²) in [6.07, 6.45) is 27.5. The van der Waals surface area contributed by atoms with Crippen LogP contribution in [0.15, 0.2) is 36.5 Å². The molecule has 1 aliphatic rings. The number of aliphatic hydroxyl groups is 3. The molecule has 13 heteroatoms. The van der Waals surface area contributed by atoms with Gasteiger partial charge in [-0.15, -0.1) is 0 Å². The summed E-state index contributed by atoms with van der Waals surface area (Å²) < 4.78 is 58.9. The smallest absolute Gasteiger partial charge is 0.397 e. The highest BCUT2D eigenvalue weighted by Crippen LogP contribution is 2.26. The second-order valence-electron chi connectivity index (χ2n) is 14.2. The van der Waals surface area contributed by atoms with E-state index in [0.29, 0.717) is 13.0 Å². The van der Waals surface area contributed by atoms with E-state index in [9.17, 15) is 28.5 Å². The molecule has 0 radical (unpaired) electrons. The molecule has 0 aromatic carbocycles. The molecule has 0 aromatic heterocycles. The molecule has 1 fully saturated rings. The topological polar surface area (TPSA) is 178 Å². The minimum Gasteiger partial charge on any atom is -0.457 e. The largest absolute Gasteiger partial charge is 0.457 e. The fourth-order valence-corrected chi connectivity index (χ4v) is 6.66. The zero-order valence-corrected chi connectivity index (χ0v) is 34.1. The van der Waals surface area contributed by atoms with Crippen molar-refractivity contribution in [2.45, 2.75) is 192 Å². The van der Waals surface area contributed by atoms with E-state index in [1.807, 2.05) is 0 Å². The molecule has 6 atom stereocenters. The van der Waals surface area contributed by atoms with Crippen LogP contribution in [-0.2, 0) is 38.3 Å². The molecule has 0 amide bonds. The molecule has 0 bridgehead atoms. The van der Waals surface area contributed by atoms with Crippen LogP contribution in [0.5, 0.6) is 0 Å². The average Bonchev–Trinajstić information content (AvgIpc) is 3.14. The Morgan fingerprint density at radius 1 is 0.722 bits per heavy atom. The average molecular weight is 791 g/mol. The van der Waals surface area contributed by atoms with Gasteiger partial charge in [-0.3, -0.25) is 9.35 Å². The van der Waals surface area contributed by atoms with Crippen molar-refractivity contribution in [1.29, 1.82) is 0 Å². The summed E-state index contributed by atoms with van der Waals surface area (Å²) in [5.41, 5.74) is 0. The monoisotopic (exact) mass is 790 g/mol. The van der Waals surface area contributed by atoms with Gasteiger partial charge < -0.3 is 34.3 Å². The zero-order chi connectivity index (χ0) is 39.7. The molecule has 0 saturated carbocycles. The minimum absolute atomic E-state index is 0.0285. The van der Waals surface area contributed by atoms with Gasteiger partial charge in [-0.25, -0.2) is 4.18 Å². The van der Waals surface area contributed by atoms with Gasteiger partial charge >= 0.3 is 16.4 Å². The van der Waals surface area contributed by atoms with Crippen molar-refractivity contribution < 1.29 is 56.2 Å². The lowest BCUT2D eigenvalue weighted by Crippen LogP contribution is -2.60. The van der Waals surface area contributed by atoms with E-state index in [0.717, 1.165) is 70.6 Å². The van der Waals surface area contributed by atoms with Crippen molar-refractivity contribution >= 4 is 16.4 Å². The Hall–Kier alpha value is -1.68. The predicted molar refractivity (Wildman–Crippen MR) is 211 cm³/mol. The maximum Gasteiger partial charge on any atom is 0.397 e. The van der Waals surface area contributed by atoms with Crippen LogP contribution in [0.3, 0.4) is 0 Å². The number of unbranched alkanes of at least 4 members (excludes halogenated alkanes) is 16. The van der Waals surface area contributed by atoms with Crippen molar-refractivity contribution in [1.82, 2.24) is 0 Å². The van der Waals surface area contributed by atoms with Crippen molar-refractivity contribution in [3.8, 4) is 0 Å². The minimum atomic E-state index is -5.06. The van der Waals surface area contributed by atoms with Crippen LogP contribution in [0.4, 0.5) is 0 Å². The third-order valence-electron chi connectivity index (χ3n) is 9.28. The van der Waals surface area contributed by atoms with E-state index in [1.165, 1.54) is 57.8 Å². The van der Waals surface area contributed by atoms with Crippen LogP contribution in [-0.4, -0.2) is 97.5 Å². The third kappa shape index (κ3) is 27.0.